The molecule has 6 nitrogen and oxygen atoms in total. The highest BCUT2D eigenvalue weighted by molar-refractivity contribution is 6.33. The number of aromatic nitrogens is 1. The number of hydrogen-bond acceptors (Lipinski definition) is 4. The summed E-state index contributed by atoms with van der Waals surface area (Å²) in [5, 5.41) is 2.71. The van der Waals surface area contributed by atoms with Crippen molar-refractivity contribution in [1.29, 1.82) is 0 Å². The topological polar surface area (TPSA) is 71.5 Å². The summed E-state index contributed by atoms with van der Waals surface area (Å²) in [6, 6.07) is 17.4. The second-order valence-electron chi connectivity index (χ2n) is 9.11. The summed E-state index contributed by atoms with van der Waals surface area (Å²) in [7, 11) is 0. The molecule has 0 aliphatic rings. The van der Waals surface area contributed by atoms with Crippen molar-refractivity contribution in [2.24, 2.45) is 0 Å². The van der Waals surface area contributed by atoms with Gasteiger partial charge in [-0.2, -0.15) is 26.3 Å². The molecule has 3 aromatic carbocycles. The van der Waals surface area contributed by atoms with Crippen LogP contribution in [-0.4, -0.2) is 30.1 Å². The average Bonchev–Trinajstić information content (AvgIpc) is 2.98. The molecule has 0 aliphatic heterocycles. The van der Waals surface area contributed by atoms with Gasteiger partial charge in [-0.1, -0.05) is 60.1 Å². The Morgan fingerprint density at radius 1 is 0.837 bits per heavy atom. The van der Waals surface area contributed by atoms with Crippen molar-refractivity contribution in [3.63, 3.8) is 0 Å². The Morgan fingerprint density at radius 2 is 1.47 bits per heavy atom. The zero-order valence-electron chi connectivity index (χ0n) is 22.0. The van der Waals surface area contributed by atoms with Gasteiger partial charge in [-0.15, -0.1) is 0 Å². The van der Waals surface area contributed by atoms with Crippen LogP contribution in [0, 0.1) is 0 Å². The van der Waals surface area contributed by atoms with Crippen molar-refractivity contribution in [3.8, 4) is 11.1 Å². The predicted molar refractivity (Wildman–Crippen MR) is 147 cm³/mol. The van der Waals surface area contributed by atoms with Crippen LogP contribution >= 0.6 is 11.6 Å². The number of alkyl halides is 6. The monoisotopic (exact) mass is 621 g/mol. The molecule has 0 saturated carbocycles. The molecule has 0 saturated heterocycles. The van der Waals surface area contributed by atoms with Gasteiger partial charge in [-0.3, -0.25) is 9.78 Å². The molecule has 43 heavy (non-hydrogen) atoms. The first-order valence-electron chi connectivity index (χ1n) is 12.6. The highest BCUT2D eigenvalue weighted by Gasteiger charge is 2.38. The first-order chi connectivity index (χ1) is 20.3. The van der Waals surface area contributed by atoms with E-state index in [1.165, 1.54) is 18.5 Å². The minimum absolute atomic E-state index is 0.0334. The van der Waals surface area contributed by atoms with Crippen molar-refractivity contribution >= 4 is 29.3 Å². The number of rotatable bonds is 8. The van der Waals surface area contributed by atoms with Gasteiger partial charge in [0.1, 0.15) is 6.61 Å². The number of hydrogen-bond donors (Lipinski definition) is 1. The van der Waals surface area contributed by atoms with E-state index >= 15 is 0 Å². The zero-order valence-corrected chi connectivity index (χ0v) is 22.8. The Morgan fingerprint density at radius 3 is 2.09 bits per heavy atom. The fourth-order valence-electron chi connectivity index (χ4n) is 4.12. The molecule has 1 N–H and O–H groups in total. The van der Waals surface area contributed by atoms with E-state index in [4.69, 9.17) is 16.3 Å². The van der Waals surface area contributed by atoms with Gasteiger partial charge in [0.15, 0.2) is 0 Å². The first-order valence-corrected chi connectivity index (χ1v) is 13.0. The smallest absolute Gasteiger partial charge is 0.416 e. The molecule has 4 aromatic rings. The van der Waals surface area contributed by atoms with E-state index in [0.29, 0.717) is 28.8 Å². The lowest BCUT2D eigenvalue weighted by Gasteiger charge is -2.26. The second kappa shape index (κ2) is 13.2. The Hall–Kier alpha value is -4.58. The number of amides is 2. The van der Waals surface area contributed by atoms with E-state index in [2.05, 4.69) is 10.3 Å². The molecular weight excluding hydrogens is 600 g/mol. The number of alkyl carbamates (subject to hydrolysis) is 1. The van der Waals surface area contributed by atoms with Gasteiger partial charge < -0.3 is 15.0 Å². The Balaban J connectivity index is 1.69. The van der Waals surface area contributed by atoms with Crippen molar-refractivity contribution < 1.29 is 40.7 Å². The molecule has 224 valence electrons. The molecule has 0 radical (unpaired) electrons. The number of carbonyl (C=O) groups is 2. The van der Waals surface area contributed by atoms with Gasteiger partial charge in [-0.25, -0.2) is 4.79 Å². The molecule has 1 heterocycles. The summed E-state index contributed by atoms with van der Waals surface area (Å²) in [6.07, 6.45) is -8.57. The number of halogens is 7. The third kappa shape index (κ3) is 8.04. The summed E-state index contributed by atoms with van der Waals surface area (Å²) < 4.78 is 86.5. The highest BCUT2D eigenvalue weighted by Crippen LogP contribution is 2.38. The van der Waals surface area contributed by atoms with Crippen LogP contribution in [0.15, 0.2) is 91.3 Å². The molecule has 2 amide bonds. The van der Waals surface area contributed by atoms with Crippen LogP contribution in [0.5, 0.6) is 0 Å². The van der Waals surface area contributed by atoms with E-state index in [9.17, 15) is 35.9 Å². The second-order valence-corrected chi connectivity index (χ2v) is 9.52. The summed E-state index contributed by atoms with van der Waals surface area (Å²) >= 11 is 6.36. The number of anilines is 1. The standard InChI is InChI=1S/C30H22ClF6N3O3/c31-25-9-5-4-8-23(25)24-10-11-38-17-26(24)40(13-12-39-28(42)43-18-19-6-2-1-3-7-19)27(41)20-14-21(29(32,33)34)16-22(15-20)30(35,36)37/h1-11,14-17H,12-13,18H2,(H,39,42). The zero-order chi connectivity index (χ0) is 31.2. The molecule has 0 fully saturated rings. The van der Waals surface area contributed by atoms with E-state index < -0.39 is 41.0 Å². The number of carbonyl (C=O) groups excluding carboxylic acids is 2. The summed E-state index contributed by atoms with van der Waals surface area (Å²) in [6.45, 7) is -0.708. The van der Waals surface area contributed by atoms with Gasteiger partial charge in [0, 0.05) is 41.0 Å². The lowest BCUT2D eigenvalue weighted by molar-refractivity contribution is -0.143. The maximum Gasteiger partial charge on any atom is 0.416 e. The fourth-order valence-corrected chi connectivity index (χ4v) is 4.36. The Bertz CT molecular complexity index is 1560. The van der Waals surface area contributed by atoms with Crippen LogP contribution in [-0.2, 0) is 23.7 Å². The SMILES string of the molecule is O=C(NCCN(C(=O)c1cc(C(F)(F)F)cc(C(F)(F)F)c1)c1cnccc1-c1ccccc1Cl)OCc1ccccc1. The number of nitrogens with zero attached hydrogens (tertiary/aromatic N) is 2. The minimum Gasteiger partial charge on any atom is -0.445 e. The third-order valence-electron chi connectivity index (χ3n) is 6.15. The van der Waals surface area contributed by atoms with Crippen molar-refractivity contribution in [2.45, 2.75) is 19.0 Å². The molecule has 13 heteroatoms. The van der Waals surface area contributed by atoms with Crippen LogP contribution < -0.4 is 10.2 Å². The van der Waals surface area contributed by atoms with Gasteiger partial charge in [0.05, 0.1) is 23.0 Å². The summed E-state index contributed by atoms with van der Waals surface area (Å²) in [5.74, 6) is -1.20. The maximum absolute atomic E-state index is 13.7. The fraction of sp³-hybridized carbons (Fsp3) is 0.167. The van der Waals surface area contributed by atoms with Crippen LogP contribution in [0.4, 0.5) is 36.8 Å². The van der Waals surface area contributed by atoms with E-state index in [0.717, 1.165) is 4.90 Å². The van der Waals surface area contributed by atoms with Crippen molar-refractivity contribution in [3.05, 3.63) is 119 Å². The molecule has 1 aromatic heterocycles. The average molecular weight is 622 g/mol. The molecule has 0 bridgehead atoms. The third-order valence-corrected chi connectivity index (χ3v) is 6.48. The van der Waals surface area contributed by atoms with Gasteiger partial charge in [0.25, 0.3) is 5.91 Å². The number of benzene rings is 3. The first kappa shape index (κ1) is 31.4. The predicted octanol–water partition coefficient (Wildman–Crippen LogP) is 8.01. The normalized spacial score (nSPS) is 11.6. The lowest BCUT2D eigenvalue weighted by atomic mass is 10.0. The van der Waals surface area contributed by atoms with Gasteiger partial charge in [-0.05, 0) is 35.9 Å². The Kier molecular flexibility index (Phi) is 9.59. The highest BCUT2D eigenvalue weighted by atomic mass is 35.5. The summed E-state index contributed by atoms with van der Waals surface area (Å²) in [5.41, 5.74) is -2.68. The van der Waals surface area contributed by atoms with Crippen molar-refractivity contribution in [2.75, 3.05) is 18.0 Å². The van der Waals surface area contributed by atoms with E-state index in [-0.39, 0.29) is 36.5 Å². The quantitative estimate of drug-likeness (QED) is 0.202. The summed E-state index contributed by atoms with van der Waals surface area (Å²) in [4.78, 5) is 31.0. The molecular formula is C30H22ClF6N3O3. The number of nitrogens with one attached hydrogen (secondary N) is 1. The minimum atomic E-state index is -5.16. The lowest BCUT2D eigenvalue weighted by Crippen LogP contribution is -2.39. The largest absolute Gasteiger partial charge is 0.445 e. The molecule has 0 unspecified atom stereocenters. The Labute approximate surface area is 246 Å². The van der Waals surface area contributed by atoms with E-state index in [1.54, 1.807) is 54.6 Å². The van der Waals surface area contributed by atoms with Gasteiger partial charge >= 0.3 is 18.4 Å². The number of ether oxygens (including phenoxy) is 1. The van der Waals surface area contributed by atoms with E-state index in [1.807, 2.05) is 0 Å². The molecule has 0 spiro atoms. The van der Waals surface area contributed by atoms with Gasteiger partial charge in [0.2, 0.25) is 0 Å². The molecule has 0 atom stereocenters. The number of pyridine rings is 1. The molecule has 0 aliphatic carbocycles. The van der Waals surface area contributed by atoms with Crippen LogP contribution in [0.1, 0.15) is 27.0 Å². The molecule has 4 rings (SSSR count). The van der Waals surface area contributed by atoms with Crippen LogP contribution in [0.2, 0.25) is 5.02 Å². The van der Waals surface area contributed by atoms with Crippen molar-refractivity contribution in [1.82, 2.24) is 10.3 Å². The van der Waals surface area contributed by atoms with Crippen LogP contribution in [0.25, 0.3) is 11.1 Å². The van der Waals surface area contributed by atoms with Crippen LogP contribution in [0.3, 0.4) is 0 Å². The maximum atomic E-state index is 13.7.